The molecular formula is C11H20N2. The van der Waals surface area contributed by atoms with Gasteiger partial charge < -0.3 is 5.32 Å². The fraction of sp³-hybridized carbons (Fsp3) is 0.545. The maximum Gasteiger partial charge on any atom is 0.0886 e. The Balaban J connectivity index is 3.59. The molecule has 0 aromatic carbocycles. The molecule has 1 N–H and O–H groups in total. The van der Waals surface area contributed by atoms with Crippen molar-refractivity contribution in [2.75, 3.05) is 6.54 Å². The lowest BCUT2D eigenvalue weighted by atomic mass is 10.0. The van der Waals surface area contributed by atoms with E-state index in [1.807, 2.05) is 0 Å². The molecule has 0 heterocycles. The van der Waals surface area contributed by atoms with E-state index in [0.717, 1.165) is 12.5 Å². The minimum Gasteiger partial charge on any atom is -0.376 e. The summed E-state index contributed by atoms with van der Waals surface area (Å²) in [5.41, 5.74) is 0.692. The van der Waals surface area contributed by atoms with Gasteiger partial charge in [-0.2, -0.15) is 0 Å². The van der Waals surface area contributed by atoms with Gasteiger partial charge in [0.2, 0.25) is 0 Å². The van der Waals surface area contributed by atoms with Gasteiger partial charge in [-0.25, -0.2) is 4.99 Å². The van der Waals surface area contributed by atoms with E-state index in [4.69, 9.17) is 0 Å². The van der Waals surface area contributed by atoms with Crippen LogP contribution in [0.5, 0.6) is 0 Å². The van der Waals surface area contributed by atoms with Gasteiger partial charge in [0, 0.05) is 6.54 Å². The molecule has 74 valence electrons. The smallest absolute Gasteiger partial charge is 0.0886 e. The van der Waals surface area contributed by atoms with Crippen LogP contribution < -0.4 is 5.32 Å². The summed E-state index contributed by atoms with van der Waals surface area (Å²) in [4.78, 5) is 4.03. The van der Waals surface area contributed by atoms with Crippen LogP contribution in [0, 0.1) is 5.92 Å². The second kappa shape index (κ2) is 7.59. The monoisotopic (exact) mass is 180 g/mol. The summed E-state index contributed by atoms with van der Waals surface area (Å²) in [6.07, 6.45) is 5.75. The van der Waals surface area contributed by atoms with Crippen LogP contribution in [-0.4, -0.2) is 12.9 Å². The maximum absolute atomic E-state index is 4.03. The molecule has 0 unspecified atom stereocenters. The average molecular weight is 180 g/mol. The maximum atomic E-state index is 4.03. The lowest BCUT2D eigenvalue weighted by Crippen LogP contribution is -2.20. The van der Waals surface area contributed by atoms with Crippen molar-refractivity contribution in [2.45, 2.75) is 26.7 Å². The molecule has 2 heteroatoms. The highest BCUT2D eigenvalue weighted by Crippen LogP contribution is 2.04. The van der Waals surface area contributed by atoms with Crippen molar-refractivity contribution in [1.29, 1.82) is 0 Å². The van der Waals surface area contributed by atoms with Crippen LogP contribution in [0.25, 0.3) is 0 Å². The van der Waals surface area contributed by atoms with Crippen LogP contribution in [0.1, 0.15) is 26.7 Å². The number of aliphatic imine (C=N–C) groups is 1. The van der Waals surface area contributed by atoms with E-state index < -0.39 is 0 Å². The van der Waals surface area contributed by atoms with Gasteiger partial charge in [-0.05, 0) is 12.0 Å². The van der Waals surface area contributed by atoms with Gasteiger partial charge in [-0.1, -0.05) is 39.8 Å². The normalized spacial score (nSPS) is 10.7. The first-order chi connectivity index (χ1) is 6.24. The second-order valence-electron chi connectivity index (χ2n) is 3.04. The van der Waals surface area contributed by atoms with Crippen LogP contribution in [0.3, 0.4) is 0 Å². The molecule has 2 nitrogen and oxygen atoms in total. The van der Waals surface area contributed by atoms with Gasteiger partial charge >= 0.3 is 0 Å². The summed E-state index contributed by atoms with van der Waals surface area (Å²) in [7, 11) is 0. The third-order valence-electron chi connectivity index (χ3n) is 2.12. The Bertz CT molecular complexity index is 179. The molecular weight excluding hydrogens is 160 g/mol. The van der Waals surface area contributed by atoms with Gasteiger partial charge in [0.15, 0.2) is 0 Å². The third-order valence-corrected chi connectivity index (χ3v) is 2.12. The Kier molecular flexibility index (Phi) is 6.98. The number of allylic oxidation sites excluding steroid dienone is 1. The van der Waals surface area contributed by atoms with Crippen molar-refractivity contribution >= 4 is 6.34 Å². The van der Waals surface area contributed by atoms with Crippen LogP contribution in [0.4, 0.5) is 0 Å². The van der Waals surface area contributed by atoms with E-state index >= 15 is 0 Å². The average Bonchev–Trinajstić information content (AvgIpc) is 2.18. The molecule has 0 bridgehead atoms. The molecule has 0 saturated heterocycles. The van der Waals surface area contributed by atoms with Gasteiger partial charge in [0.05, 0.1) is 12.0 Å². The number of nitrogens with zero attached hydrogens (tertiary/aromatic N) is 1. The Morgan fingerprint density at radius 2 is 2.08 bits per heavy atom. The van der Waals surface area contributed by atoms with Crippen molar-refractivity contribution in [3.8, 4) is 0 Å². The fourth-order valence-electron chi connectivity index (χ4n) is 0.978. The van der Waals surface area contributed by atoms with Gasteiger partial charge in [-0.15, -0.1) is 0 Å². The van der Waals surface area contributed by atoms with E-state index in [0.29, 0.717) is 5.70 Å². The SMILES string of the molecule is C=CC(=C)/N=C\NCC(CC)CC. The van der Waals surface area contributed by atoms with Gasteiger partial charge in [0.1, 0.15) is 0 Å². The van der Waals surface area contributed by atoms with Crippen LogP contribution >= 0.6 is 0 Å². The number of rotatable bonds is 7. The van der Waals surface area contributed by atoms with Gasteiger partial charge in [0.25, 0.3) is 0 Å². The molecule has 13 heavy (non-hydrogen) atoms. The zero-order valence-corrected chi connectivity index (χ0v) is 8.71. The Labute approximate surface area is 81.5 Å². The molecule has 0 aromatic rings. The quantitative estimate of drug-likeness (QED) is 0.363. The first-order valence-corrected chi connectivity index (χ1v) is 4.81. The molecule has 0 aliphatic carbocycles. The van der Waals surface area contributed by atoms with E-state index in [1.54, 1.807) is 12.4 Å². The van der Waals surface area contributed by atoms with E-state index in [2.05, 4.69) is 37.3 Å². The first kappa shape index (κ1) is 11.9. The summed E-state index contributed by atoms with van der Waals surface area (Å²) in [5, 5.41) is 3.15. The molecule has 0 aliphatic heterocycles. The van der Waals surface area contributed by atoms with Crippen LogP contribution in [0.15, 0.2) is 29.9 Å². The summed E-state index contributed by atoms with van der Waals surface area (Å²) in [6.45, 7) is 12.6. The summed E-state index contributed by atoms with van der Waals surface area (Å²) < 4.78 is 0. The molecule has 0 spiro atoms. The molecule has 0 atom stereocenters. The first-order valence-electron chi connectivity index (χ1n) is 4.81. The fourth-order valence-corrected chi connectivity index (χ4v) is 0.978. The lowest BCUT2D eigenvalue weighted by Gasteiger charge is -2.10. The minimum absolute atomic E-state index is 0.692. The second-order valence-corrected chi connectivity index (χ2v) is 3.04. The highest BCUT2D eigenvalue weighted by atomic mass is 14.9. The topological polar surface area (TPSA) is 24.4 Å². The summed E-state index contributed by atoms with van der Waals surface area (Å²) in [6, 6.07) is 0. The number of hydrogen-bond acceptors (Lipinski definition) is 1. The predicted octanol–water partition coefficient (Wildman–Crippen LogP) is 2.74. The minimum atomic E-state index is 0.692. The zero-order valence-electron chi connectivity index (χ0n) is 8.71. The Morgan fingerprint density at radius 1 is 1.46 bits per heavy atom. The van der Waals surface area contributed by atoms with Crippen molar-refractivity contribution in [3.63, 3.8) is 0 Å². The van der Waals surface area contributed by atoms with Crippen LogP contribution in [0.2, 0.25) is 0 Å². The largest absolute Gasteiger partial charge is 0.376 e. The molecule has 0 amide bonds. The number of hydrogen-bond donors (Lipinski definition) is 1. The molecule has 0 aliphatic rings. The van der Waals surface area contributed by atoms with E-state index in [-0.39, 0.29) is 0 Å². The summed E-state index contributed by atoms with van der Waals surface area (Å²) in [5.74, 6) is 0.739. The predicted molar refractivity (Wildman–Crippen MR) is 59.9 cm³/mol. The number of nitrogens with one attached hydrogen (secondary N) is 1. The Hall–Kier alpha value is -1.05. The van der Waals surface area contributed by atoms with Crippen LogP contribution in [-0.2, 0) is 0 Å². The van der Waals surface area contributed by atoms with Gasteiger partial charge in [-0.3, -0.25) is 0 Å². The molecule has 0 saturated carbocycles. The highest BCUT2D eigenvalue weighted by Gasteiger charge is 1.99. The van der Waals surface area contributed by atoms with E-state index in [9.17, 15) is 0 Å². The Morgan fingerprint density at radius 3 is 2.54 bits per heavy atom. The summed E-state index contributed by atoms with van der Waals surface area (Å²) >= 11 is 0. The molecule has 0 rings (SSSR count). The van der Waals surface area contributed by atoms with Crippen molar-refractivity contribution in [3.05, 3.63) is 24.9 Å². The zero-order chi connectivity index (χ0) is 10.1. The molecule has 0 aromatic heterocycles. The van der Waals surface area contributed by atoms with Crippen molar-refractivity contribution in [2.24, 2.45) is 10.9 Å². The standard InChI is InChI=1S/C11H20N2/c1-5-10(4)13-9-12-8-11(6-2)7-3/h5,9,11H,1,4,6-8H2,2-3H3,(H,12,13). The molecule has 0 fully saturated rings. The molecule has 0 radical (unpaired) electrons. The van der Waals surface area contributed by atoms with Crippen molar-refractivity contribution < 1.29 is 0 Å². The lowest BCUT2D eigenvalue weighted by molar-refractivity contribution is 0.486. The van der Waals surface area contributed by atoms with E-state index in [1.165, 1.54) is 12.8 Å². The highest BCUT2D eigenvalue weighted by molar-refractivity contribution is 5.56. The third kappa shape index (κ3) is 6.14. The van der Waals surface area contributed by atoms with Crippen molar-refractivity contribution in [1.82, 2.24) is 5.32 Å².